The Kier molecular flexibility index (Phi) is 2.74. The zero-order valence-electron chi connectivity index (χ0n) is 11.0. The lowest BCUT2D eigenvalue weighted by Gasteiger charge is -2.28. The predicted octanol–water partition coefficient (Wildman–Crippen LogP) is 3.59. The molecule has 1 aromatic carbocycles. The van der Waals surface area contributed by atoms with E-state index in [1.165, 1.54) is 32.2 Å². The fourth-order valence-corrected chi connectivity index (χ4v) is 3.07. The molecule has 2 fully saturated rings. The Labute approximate surface area is 105 Å². The minimum Gasteiger partial charge on any atom is -0.314 e. The first-order chi connectivity index (χ1) is 8.17. The lowest BCUT2D eigenvalue weighted by molar-refractivity contribution is 0.381. The molecule has 3 rings (SSSR count). The second-order valence-corrected chi connectivity index (χ2v) is 6.26. The van der Waals surface area contributed by atoms with Crippen molar-refractivity contribution in [1.29, 1.82) is 0 Å². The first kappa shape index (κ1) is 11.3. The molecule has 1 saturated heterocycles. The molecule has 2 unspecified atom stereocenters. The van der Waals surface area contributed by atoms with E-state index in [2.05, 4.69) is 43.4 Å². The van der Waals surface area contributed by atoms with Gasteiger partial charge in [-0.25, -0.2) is 0 Å². The van der Waals surface area contributed by atoms with Crippen molar-refractivity contribution in [3.8, 4) is 0 Å². The molecule has 1 nitrogen and oxygen atoms in total. The Morgan fingerprint density at radius 1 is 1.18 bits per heavy atom. The Bertz CT molecular complexity index is 388. The van der Waals surface area contributed by atoms with Crippen molar-refractivity contribution in [3.05, 3.63) is 35.4 Å². The summed E-state index contributed by atoms with van der Waals surface area (Å²) < 4.78 is 0. The van der Waals surface area contributed by atoms with Crippen molar-refractivity contribution in [2.45, 2.75) is 56.9 Å². The average molecular weight is 229 g/mol. The maximum Gasteiger partial charge on any atom is 0.00445 e. The summed E-state index contributed by atoms with van der Waals surface area (Å²) in [4.78, 5) is 0. The largest absolute Gasteiger partial charge is 0.314 e. The molecule has 0 aromatic heterocycles. The minimum absolute atomic E-state index is 0.514. The number of nitrogens with one attached hydrogen (secondary N) is 1. The van der Waals surface area contributed by atoms with Crippen molar-refractivity contribution >= 4 is 0 Å². The third-order valence-corrected chi connectivity index (χ3v) is 4.70. The first-order valence-electron chi connectivity index (χ1n) is 7.01. The van der Waals surface area contributed by atoms with Gasteiger partial charge in [0, 0.05) is 6.04 Å². The summed E-state index contributed by atoms with van der Waals surface area (Å²) in [7, 11) is 0. The third kappa shape index (κ3) is 2.26. The normalized spacial score (nSPS) is 31.2. The minimum atomic E-state index is 0.514. The molecule has 1 N–H and O–H groups in total. The molecule has 2 aliphatic rings. The van der Waals surface area contributed by atoms with Crippen LogP contribution < -0.4 is 5.32 Å². The molecule has 0 amide bonds. The zero-order valence-corrected chi connectivity index (χ0v) is 11.0. The second-order valence-electron chi connectivity index (χ2n) is 6.26. The molecule has 1 heteroatoms. The van der Waals surface area contributed by atoms with Gasteiger partial charge in [0.15, 0.2) is 0 Å². The van der Waals surface area contributed by atoms with Gasteiger partial charge in [-0.3, -0.25) is 0 Å². The summed E-state index contributed by atoms with van der Waals surface area (Å²) in [5.74, 6) is 0.771. The predicted molar refractivity (Wildman–Crippen MR) is 72.5 cm³/mol. The smallest absolute Gasteiger partial charge is 0.00445 e. The highest BCUT2D eigenvalue weighted by atomic mass is 14.9. The quantitative estimate of drug-likeness (QED) is 0.817. The molecular formula is C16H23N. The van der Waals surface area contributed by atoms with Gasteiger partial charge in [0.05, 0.1) is 0 Å². The fraction of sp³-hybridized carbons (Fsp3) is 0.625. The Morgan fingerprint density at radius 2 is 1.88 bits per heavy atom. The number of benzene rings is 1. The van der Waals surface area contributed by atoms with Crippen LogP contribution in [0.5, 0.6) is 0 Å². The van der Waals surface area contributed by atoms with Gasteiger partial charge in [0.25, 0.3) is 0 Å². The molecule has 0 bridgehead atoms. The molecule has 1 aliphatic heterocycles. The maximum atomic E-state index is 3.53. The SMILES string of the molecule is CC1CC(c2ccc(C3(C)CC3)cc2)CCN1. The summed E-state index contributed by atoms with van der Waals surface area (Å²) in [6.45, 7) is 5.85. The van der Waals surface area contributed by atoms with E-state index in [-0.39, 0.29) is 0 Å². The van der Waals surface area contributed by atoms with Crippen molar-refractivity contribution < 1.29 is 0 Å². The van der Waals surface area contributed by atoms with E-state index in [0.29, 0.717) is 11.5 Å². The van der Waals surface area contributed by atoms with E-state index in [1.54, 1.807) is 11.1 Å². The van der Waals surface area contributed by atoms with E-state index < -0.39 is 0 Å². The van der Waals surface area contributed by atoms with E-state index in [1.807, 2.05) is 0 Å². The van der Waals surface area contributed by atoms with E-state index in [0.717, 1.165) is 5.92 Å². The second kappa shape index (κ2) is 4.13. The van der Waals surface area contributed by atoms with Crippen LogP contribution in [0.1, 0.15) is 56.6 Å². The average Bonchev–Trinajstić information content (AvgIpc) is 3.09. The van der Waals surface area contributed by atoms with Crippen LogP contribution in [0.15, 0.2) is 24.3 Å². The number of hydrogen-bond donors (Lipinski definition) is 1. The van der Waals surface area contributed by atoms with Crippen LogP contribution in [0.4, 0.5) is 0 Å². The van der Waals surface area contributed by atoms with Crippen LogP contribution in [0.3, 0.4) is 0 Å². The fourth-order valence-electron chi connectivity index (χ4n) is 3.07. The van der Waals surface area contributed by atoms with Gasteiger partial charge in [-0.15, -0.1) is 0 Å². The van der Waals surface area contributed by atoms with E-state index in [4.69, 9.17) is 0 Å². The number of rotatable bonds is 2. The molecule has 1 aliphatic carbocycles. The van der Waals surface area contributed by atoms with Crippen molar-refractivity contribution in [3.63, 3.8) is 0 Å². The van der Waals surface area contributed by atoms with Gasteiger partial charge < -0.3 is 5.32 Å². The van der Waals surface area contributed by atoms with Crippen LogP contribution >= 0.6 is 0 Å². The lowest BCUT2D eigenvalue weighted by atomic mass is 9.85. The lowest BCUT2D eigenvalue weighted by Crippen LogP contribution is -2.34. The summed E-state index contributed by atoms with van der Waals surface area (Å²) in [5, 5.41) is 3.53. The summed E-state index contributed by atoms with van der Waals surface area (Å²) >= 11 is 0. The molecule has 0 radical (unpaired) electrons. The van der Waals surface area contributed by atoms with Gasteiger partial charge in [-0.1, -0.05) is 31.2 Å². The molecular weight excluding hydrogens is 206 g/mol. The molecule has 92 valence electrons. The Balaban J connectivity index is 1.75. The van der Waals surface area contributed by atoms with Crippen molar-refractivity contribution in [2.24, 2.45) is 0 Å². The summed E-state index contributed by atoms with van der Waals surface area (Å²) in [6.07, 6.45) is 5.32. The van der Waals surface area contributed by atoms with Gasteiger partial charge in [-0.2, -0.15) is 0 Å². The Hall–Kier alpha value is -0.820. The van der Waals surface area contributed by atoms with Gasteiger partial charge >= 0.3 is 0 Å². The van der Waals surface area contributed by atoms with Crippen molar-refractivity contribution in [2.75, 3.05) is 6.54 Å². The van der Waals surface area contributed by atoms with Gasteiger partial charge in [-0.05, 0) is 61.6 Å². The molecule has 17 heavy (non-hydrogen) atoms. The number of hydrogen-bond acceptors (Lipinski definition) is 1. The van der Waals surface area contributed by atoms with Crippen LogP contribution in [0, 0.1) is 0 Å². The molecule has 0 spiro atoms. The van der Waals surface area contributed by atoms with Gasteiger partial charge in [0.1, 0.15) is 0 Å². The highest BCUT2D eigenvalue weighted by molar-refractivity contribution is 5.34. The molecule has 2 atom stereocenters. The van der Waals surface area contributed by atoms with E-state index >= 15 is 0 Å². The molecule has 1 heterocycles. The van der Waals surface area contributed by atoms with Crippen molar-refractivity contribution in [1.82, 2.24) is 5.32 Å². The van der Waals surface area contributed by atoms with Gasteiger partial charge in [0.2, 0.25) is 0 Å². The first-order valence-corrected chi connectivity index (χ1v) is 7.01. The molecule has 1 aromatic rings. The highest BCUT2D eigenvalue weighted by Gasteiger charge is 2.38. The van der Waals surface area contributed by atoms with E-state index in [9.17, 15) is 0 Å². The monoisotopic (exact) mass is 229 g/mol. The maximum absolute atomic E-state index is 3.53. The van der Waals surface area contributed by atoms with Crippen LogP contribution in [0.25, 0.3) is 0 Å². The zero-order chi connectivity index (χ0) is 11.9. The van der Waals surface area contributed by atoms with Crippen LogP contribution in [0.2, 0.25) is 0 Å². The Morgan fingerprint density at radius 3 is 2.47 bits per heavy atom. The van der Waals surface area contributed by atoms with Crippen LogP contribution in [-0.2, 0) is 5.41 Å². The molecule has 1 saturated carbocycles. The summed E-state index contributed by atoms with van der Waals surface area (Å²) in [6, 6.07) is 10.2. The third-order valence-electron chi connectivity index (χ3n) is 4.70. The number of piperidine rings is 1. The highest BCUT2D eigenvalue weighted by Crippen LogP contribution is 2.47. The van der Waals surface area contributed by atoms with Crippen LogP contribution in [-0.4, -0.2) is 12.6 Å². The summed E-state index contributed by atoms with van der Waals surface area (Å²) in [5.41, 5.74) is 3.61. The topological polar surface area (TPSA) is 12.0 Å². The standard InChI is InChI=1S/C16H23N/c1-12-11-14(7-10-17-12)13-3-5-15(6-4-13)16(2)8-9-16/h3-6,12,14,17H,7-11H2,1-2H3.